The molecule has 0 amide bonds. The highest BCUT2D eigenvalue weighted by Gasteiger charge is 1.84. The summed E-state index contributed by atoms with van der Waals surface area (Å²) in [6.07, 6.45) is 3.17. The van der Waals surface area contributed by atoms with E-state index >= 15 is 0 Å². The summed E-state index contributed by atoms with van der Waals surface area (Å²) in [4.78, 5) is 1.16. The van der Waals surface area contributed by atoms with E-state index in [1.165, 1.54) is 0 Å². The number of rotatable bonds is 3. The monoisotopic (exact) mass is 179 g/mol. The van der Waals surface area contributed by atoms with Gasteiger partial charge < -0.3 is 5.73 Å². The van der Waals surface area contributed by atoms with Gasteiger partial charge in [-0.3, -0.25) is 0 Å². The van der Waals surface area contributed by atoms with Crippen molar-refractivity contribution in [2.75, 3.05) is 6.54 Å². The van der Waals surface area contributed by atoms with Gasteiger partial charge in [0, 0.05) is 6.42 Å². The van der Waals surface area contributed by atoms with Crippen molar-refractivity contribution in [1.29, 1.82) is 0 Å². The number of thiophene rings is 1. The second-order valence-corrected chi connectivity index (χ2v) is 3.47. The van der Waals surface area contributed by atoms with E-state index in [0.29, 0.717) is 0 Å². The van der Waals surface area contributed by atoms with Crippen LogP contribution in [0.3, 0.4) is 0 Å². The minimum Gasteiger partial charge on any atom is -0.330 e. The van der Waals surface area contributed by atoms with Crippen LogP contribution >= 0.6 is 11.3 Å². The first kappa shape index (κ1) is 9.31. The molecule has 0 unspecified atom stereocenters. The lowest BCUT2D eigenvalue weighted by atomic mass is 10.2. The summed E-state index contributed by atoms with van der Waals surface area (Å²) < 4.78 is 0. The van der Waals surface area contributed by atoms with Crippen LogP contribution in [0.15, 0.2) is 17.5 Å². The van der Waals surface area contributed by atoms with Gasteiger partial charge in [0.15, 0.2) is 0 Å². The fraction of sp³-hybridized carbons (Fsp3) is 0.400. The van der Waals surface area contributed by atoms with Gasteiger partial charge in [0.05, 0.1) is 4.88 Å². The van der Waals surface area contributed by atoms with Crippen molar-refractivity contribution in [3.8, 4) is 11.8 Å². The SMILES string of the molecule is NCCCCC#Cc1cccs1. The lowest BCUT2D eigenvalue weighted by Gasteiger charge is -1.87. The minimum atomic E-state index is 0.778. The molecule has 1 rings (SSSR count). The first-order chi connectivity index (χ1) is 5.93. The molecule has 1 nitrogen and oxygen atoms in total. The minimum absolute atomic E-state index is 0.778. The number of nitrogens with two attached hydrogens (primary N) is 1. The van der Waals surface area contributed by atoms with E-state index in [1.807, 2.05) is 17.5 Å². The second kappa shape index (κ2) is 5.82. The van der Waals surface area contributed by atoms with Crippen LogP contribution in [0.5, 0.6) is 0 Å². The summed E-state index contributed by atoms with van der Waals surface area (Å²) in [7, 11) is 0. The second-order valence-electron chi connectivity index (χ2n) is 2.52. The summed E-state index contributed by atoms with van der Waals surface area (Å²) in [5.41, 5.74) is 5.36. The predicted octanol–water partition coefficient (Wildman–Crippen LogP) is 2.23. The van der Waals surface area contributed by atoms with Crippen LogP contribution in [0.1, 0.15) is 24.1 Å². The predicted molar refractivity (Wildman–Crippen MR) is 54.1 cm³/mol. The topological polar surface area (TPSA) is 26.0 Å². The zero-order chi connectivity index (χ0) is 8.65. The third-order valence-corrected chi connectivity index (χ3v) is 2.27. The number of hydrogen-bond acceptors (Lipinski definition) is 2. The van der Waals surface area contributed by atoms with E-state index in [2.05, 4.69) is 11.8 Å². The average molecular weight is 179 g/mol. The Morgan fingerprint density at radius 2 is 2.33 bits per heavy atom. The standard InChI is InChI=1S/C10H13NS/c11-8-4-2-1-3-6-10-7-5-9-12-10/h5,7,9H,1-2,4,8,11H2. The molecule has 0 aliphatic heterocycles. The van der Waals surface area contributed by atoms with Crippen molar-refractivity contribution in [2.24, 2.45) is 5.73 Å². The summed E-state index contributed by atoms with van der Waals surface area (Å²) in [6, 6.07) is 4.06. The molecule has 0 atom stereocenters. The van der Waals surface area contributed by atoms with Crippen LogP contribution in [-0.2, 0) is 0 Å². The van der Waals surface area contributed by atoms with Gasteiger partial charge in [-0.1, -0.05) is 17.9 Å². The van der Waals surface area contributed by atoms with Crippen molar-refractivity contribution in [2.45, 2.75) is 19.3 Å². The van der Waals surface area contributed by atoms with Gasteiger partial charge in [0.2, 0.25) is 0 Å². The lowest BCUT2D eigenvalue weighted by Crippen LogP contribution is -1.96. The summed E-state index contributed by atoms with van der Waals surface area (Å²) >= 11 is 1.69. The molecule has 0 aliphatic rings. The highest BCUT2D eigenvalue weighted by atomic mass is 32.1. The fourth-order valence-electron chi connectivity index (χ4n) is 0.857. The van der Waals surface area contributed by atoms with Crippen molar-refractivity contribution in [3.05, 3.63) is 22.4 Å². The molecule has 1 aromatic rings. The van der Waals surface area contributed by atoms with Crippen molar-refractivity contribution in [3.63, 3.8) is 0 Å². The molecule has 64 valence electrons. The van der Waals surface area contributed by atoms with Gasteiger partial charge in [-0.15, -0.1) is 11.3 Å². The molecular formula is C10H13NS. The Hall–Kier alpha value is -0.780. The maximum Gasteiger partial charge on any atom is 0.0768 e. The highest BCUT2D eigenvalue weighted by Crippen LogP contribution is 2.05. The molecule has 0 saturated carbocycles. The normalized spacial score (nSPS) is 9.08. The molecule has 1 aromatic heterocycles. The molecule has 0 fully saturated rings. The first-order valence-corrected chi connectivity index (χ1v) is 5.04. The molecule has 0 spiro atoms. The Balaban J connectivity index is 2.21. The van der Waals surface area contributed by atoms with Crippen molar-refractivity contribution < 1.29 is 0 Å². The molecule has 12 heavy (non-hydrogen) atoms. The zero-order valence-corrected chi connectivity index (χ0v) is 7.86. The van der Waals surface area contributed by atoms with Gasteiger partial charge in [-0.25, -0.2) is 0 Å². The van der Waals surface area contributed by atoms with E-state index in [1.54, 1.807) is 11.3 Å². The molecular weight excluding hydrogens is 166 g/mol. The van der Waals surface area contributed by atoms with E-state index in [-0.39, 0.29) is 0 Å². The molecule has 2 N–H and O–H groups in total. The van der Waals surface area contributed by atoms with Gasteiger partial charge in [-0.2, -0.15) is 0 Å². The maximum atomic E-state index is 5.36. The van der Waals surface area contributed by atoms with Crippen molar-refractivity contribution in [1.82, 2.24) is 0 Å². The third-order valence-electron chi connectivity index (χ3n) is 1.49. The Morgan fingerprint density at radius 1 is 1.42 bits per heavy atom. The van der Waals surface area contributed by atoms with Crippen LogP contribution in [0, 0.1) is 11.8 Å². The average Bonchev–Trinajstić information content (AvgIpc) is 2.57. The first-order valence-electron chi connectivity index (χ1n) is 4.16. The van der Waals surface area contributed by atoms with E-state index < -0.39 is 0 Å². The van der Waals surface area contributed by atoms with Crippen LogP contribution < -0.4 is 5.73 Å². The summed E-state index contributed by atoms with van der Waals surface area (Å²) in [5.74, 6) is 6.24. The molecule has 2 heteroatoms. The number of unbranched alkanes of at least 4 members (excludes halogenated alkanes) is 2. The Morgan fingerprint density at radius 3 is 3.00 bits per heavy atom. The molecule has 0 radical (unpaired) electrons. The highest BCUT2D eigenvalue weighted by molar-refractivity contribution is 7.10. The Labute approximate surface area is 77.6 Å². The Bertz CT molecular complexity index is 253. The molecule has 0 aliphatic carbocycles. The van der Waals surface area contributed by atoms with Crippen LogP contribution in [0.4, 0.5) is 0 Å². The summed E-state index contributed by atoms with van der Waals surface area (Å²) in [6.45, 7) is 0.778. The largest absolute Gasteiger partial charge is 0.330 e. The zero-order valence-electron chi connectivity index (χ0n) is 7.05. The maximum absolute atomic E-state index is 5.36. The quantitative estimate of drug-likeness (QED) is 0.559. The van der Waals surface area contributed by atoms with E-state index in [9.17, 15) is 0 Å². The van der Waals surface area contributed by atoms with Crippen molar-refractivity contribution >= 4 is 11.3 Å². The van der Waals surface area contributed by atoms with Crippen LogP contribution in [0.2, 0.25) is 0 Å². The van der Waals surface area contributed by atoms with E-state index in [0.717, 1.165) is 30.7 Å². The van der Waals surface area contributed by atoms with E-state index in [4.69, 9.17) is 5.73 Å². The third kappa shape index (κ3) is 3.56. The molecule has 0 bridgehead atoms. The lowest BCUT2D eigenvalue weighted by molar-refractivity contribution is 0.768. The van der Waals surface area contributed by atoms with Crippen LogP contribution in [-0.4, -0.2) is 6.54 Å². The van der Waals surface area contributed by atoms with Crippen LogP contribution in [0.25, 0.3) is 0 Å². The molecule has 0 aromatic carbocycles. The fourth-order valence-corrected chi connectivity index (χ4v) is 1.45. The number of hydrogen-bond donors (Lipinski definition) is 1. The van der Waals surface area contributed by atoms with Gasteiger partial charge >= 0.3 is 0 Å². The molecule has 0 saturated heterocycles. The van der Waals surface area contributed by atoms with Gasteiger partial charge in [0.25, 0.3) is 0 Å². The van der Waals surface area contributed by atoms with Gasteiger partial charge in [-0.05, 0) is 30.8 Å². The molecule has 1 heterocycles. The Kier molecular flexibility index (Phi) is 4.51. The smallest absolute Gasteiger partial charge is 0.0768 e. The summed E-state index contributed by atoms with van der Waals surface area (Å²) in [5, 5.41) is 2.05. The van der Waals surface area contributed by atoms with Gasteiger partial charge in [0.1, 0.15) is 0 Å².